The fraction of sp³-hybridized carbons (Fsp3) is 0.778. The Balaban J connectivity index is 2.57. The van der Waals surface area contributed by atoms with E-state index in [0.29, 0.717) is 19.6 Å². The van der Waals surface area contributed by atoms with Gasteiger partial charge < -0.3 is 5.32 Å². The lowest BCUT2D eigenvalue weighted by molar-refractivity contribution is 0.431. The summed E-state index contributed by atoms with van der Waals surface area (Å²) in [6.45, 7) is 3.73. The van der Waals surface area contributed by atoms with Crippen molar-refractivity contribution in [3.63, 3.8) is 0 Å². The molecule has 0 radical (unpaired) electrons. The predicted molar refractivity (Wildman–Crippen MR) is 57.7 cm³/mol. The summed E-state index contributed by atoms with van der Waals surface area (Å²) in [4.78, 5) is 0. The Bertz CT molecular complexity index is 309. The molecule has 1 heterocycles. The molecule has 0 aromatic rings. The second-order valence-electron chi connectivity index (χ2n) is 3.58. The highest BCUT2D eigenvalue weighted by Crippen LogP contribution is 2.13. The van der Waals surface area contributed by atoms with Crippen molar-refractivity contribution in [2.45, 2.75) is 13.3 Å². The molecular weight excluding hydrogens is 200 g/mol. The van der Waals surface area contributed by atoms with Gasteiger partial charge in [-0.15, -0.1) is 0 Å². The van der Waals surface area contributed by atoms with Gasteiger partial charge in [-0.1, -0.05) is 11.6 Å². The first-order chi connectivity index (χ1) is 6.56. The third-order valence-corrected chi connectivity index (χ3v) is 4.24. The highest BCUT2D eigenvalue weighted by Gasteiger charge is 2.22. The lowest BCUT2D eigenvalue weighted by Gasteiger charge is -2.24. The van der Waals surface area contributed by atoms with Gasteiger partial charge in [0.15, 0.2) is 0 Å². The van der Waals surface area contributed by atoms with Crippen molar-refractivity contribution in [1.29, 1.82) is 0 Å². The Morgan fingerprint density at radius 1 is 1.57 bits per heavy atom. The van der Waals surface area contributed by atoms with Crippen LogP contribution in [0.3, 0.4) is 0 Å². The fourth-order valence-corrected chi connectivity index (χ4v) is 2.76. The molecule has 0 fully saturated rings. The van der Waals surface area contributed by atoms with E-state index in [4.69, 9.17) is 0 Å². The molecule has 0 spiro atoms. The summed E-state index contributed by atoms with van der Waals surface area (Å²) in [6, 6.07) is 0. The van der Waals surface area contributed by atoms with Gasteiger partial charge in [0, 0.05) is 19.6 Å². The average Bonchev–Trinajstić information content (AvgIpc) is 2.16. The molecule has 82 valence electrons. The summed E-state index contributed by atoms with van der Waals surface area (Å²) in [6.07, 6.45) is 2.85. The maximum atomic E-state index is 11.7. The monoisotopic (exact) mass is 218 g/mol. The molecule has 0 amide bonds. The van der Waals surface area contributed by atoms with Crippen molar-refractivity contribution < 1.29 is 8.42 Å². The SMILES string of the molecule is CNCCS(=O)(=O)N1CC=C(C)CC1. The first kappa shape index (κ1) is 11.7. The molecule has 1 aliphatic heterocycles. The van der Waals surface area contributed by atoms with E-state index in [9.17, 15) is 8.42 Å². The summed E-state index contributed by atoms with van der Waals surface area (Å²) in [5.41, 5.74) is 1.28. The molecule has 0 bridgehead atoms. The smallest absolute Gasteiger partial charge is 0.215 e. The van der Waals surface area contributed by atoms with Gasteiger partial charge >= 0.3 is 0 Å². The van der Waals surface area contributed by atoms with E-state index >= 15 is 0 Å². The summed E-state index contributed by atoms with van der Waals surface area (Å²) in [5.74, 6) is 0.191. The van der Waals surface area contributed by atoms with E-state index < -0.39 is 10.0 Å². The molecular formula is C9H18N2O2S. The molecule has 1 aliphatic rings. The Kier molecular flexibility index (Phi) is 4.10. The molecule has 0 aliphatic carbocycles. The minimum atomic E-state index is -3.04. The largest absolute Gasteiger partial charge is 0.319 e. The zero-order valence-electron chi connectivity index (χ0n) is 8.78. The molecule has 0 aromatic heterocycles. The van der Waals surface area contributed by atoms with Crippen LogP contribution < -0.4 is 5.32 Å². The lowest BCUT2D eigenvalue weighted by Crippen LogP contribution is -2.38. The van der Waals surface area contributed by atoms with Gasteiger partial charge in [0.05, 0.1) is 5.75 Å². The second-order valence-corrected chi connectivity index (χ2v) is 5.67. The van der Waals surface area contributed by atoms with Crippen LogP contribution in [0, 0.1) is 0 Å². The normalized spacial score (nSPS) is 19.4. The summed E-state index contributed by atoms with van der Waals surface area (Å²) in [7, 11) is -1.28. The highest BCUT2D eigenvalue weighted by atomic mass is 32.2. The minimum Gasteiger partial charge on any atom is -0.319 e. The first-order valence-electron chi connectivity index (χ1n) is 4.84. The highest BCUT2D eigenvalue weighted by molar-refractivity contribution is 7.89. The maximum absolute atomic E-state index is 11.7. The minimum absolute atomic E-state index is 0.191. The van der Waals surface area contributed by atoms with E-state index in [2.05, 4.69) is 5.32 Å². The number of sulfonamides is 1. The Hall–Kier alpha value is -0.390. The molecule has 0 aromatic carbocycles. The van der Waals surface area contributed by atoms with Crippen LogP contribution in [0.4, 0.5) is 0 Å². The molecule has 14 heavy (non-hydrogen) atoms. The molecule has 0 saturated carbocycles. The van der Waals surface area contributed by atoms with Gasteiger partial charge in [-0.25, -0.2) is 8.42 Å². The van der Waals surface area contributed by atoms with E-state index in [1.165, 1.54) is 5.57 Å². The van der Waals surface area contributed by atoms with Gasteiger partial charge in [0.1, 0.15) is 0 Å². The van der Waals surface area contributed by atoms with Crippen molar-refractivity contribution in [3.05, 3.63) is 11.6 Å². The van der Waals surface area contributed by atoms with Gasteiger partial charge in [-0.3, -0.25) is 0 Å². The van der Waals surface area contributed by atoms with Crippen LogP contribution in [0.15, 0.2) is 11.6 Å². The molecule has 1 rings (SSSR count). The van der Waals surface area contributed by atoms with Crippen molar-refractivity contribution in [1.82, 2.24) is 9.62 Å². The van der Waals surface area contributed by atoms with Crippen LogP contribution in [0.1, 0.15) is 13.3 Å². The molecule has 1 N–H and O–H groups in total. The van der Waals surface area contributed by atoms with E-state index in [1.54, 1.807) is 11.4 Å². The third kappa shape index (κ3) is 3.08. The van der Waals surface area contributed by atoms with Crippen molar-refractivity contribution >= 4 is 10.0 Å². The van der Waals surface area contributed by atoms with E-state index in [-0.39, 0.29) is 5.75 Å². The van der Waals surface area contributed by atoms with E-state index in [1.807, 2.05) is 13.0 Å². The Morgan fingerprint density at radius 3 is 2.79 bits per heavy atom. The van der Waals surface area contributed by atoms with Gasteiger partial charge in [0.2, 0.25) is 10.0 Å². The van der Waals surface area contributed by atoms with Gasteiger partial charge in [0.25, 0.3) is 0 Å². The van der Waals surface area contributed by atoms with Crippen LogP contribution in [-0.4, -0.2) is 45.2 Å². The summed E-state index contributed by atoms with van der Waals surface area (Å²) < 4.78 is 25.0. The summed E-state index contributed by atoms with van der Waals surface area (Å²) in [5, 5.41) is 2.85. The third-order valence-electron chi connectivity index (χ3n) is 2.40. The Morgan fingerprint density at radius 2 is 2.29 bits per heavy atom. The van der Waals surface area contributed by atoms with Crippen LogP contribution in [-0.2, 0) is 10.0 Å². The van der Waals surface area contributed by atoms with Crippen LogP contribution in [0.5, 0.6) is 0 Å². The number of hydrogen-bond donors (Lipinski definition) is 1. The maximum Gasteiger partial charge on any atom is 0.215 e. The topological polar surface area (TPSA) is 49.4 Å². The van der Waals surface area contributed by atoms with E-state index in [0.717, 1.165) is 6.42 Å². The van der Waals surface area contributed by atoms with Crippen LogP contribution >= 0.6 is 0 Å². The van der Waals surface area contributed by atoms with Crippen molar-refractivity contribution in [2.75, 3.05) is 32.4 Å². The Labute approximate surface area is 86.0 Å². The van der Waals surface area contributed by atoms with Gasteiger partial charge in [-0.2, -0.15) is 4.31 Å². The summed E-state index contributed by atoms with van der Waals surface area (Å²) >= 11 is 0. The second kappa shape index (κ2) is 4.91. The van der Waals surface area contributed by atoms with Crippen LogP contribution in [0.2, 0.25) is 0 Å². The van der Waals surface area contributed by atoms with Crippen molar-refractivity contribution in [2.24, 2.45) is 0 Å². The average molecular weight is 218 g/mol. The number of rotatable bonds is 4. The first-order valence-corrected chi connectivity index (χ1v) is 6.45. The molecule has 4 nitrogen and oxygen atoms in total. The number of nitrogens with one attached hydrogen (secondary N) is 1. The molecule has 0 atom stereocenters. The molecule has 5 heteroatoms. The number of nitrogens with zero attached hydrogens (tertiary/aromatic N) is 1. The quantitative estimate of drug-likeness (QED) is 0.685. The molecule has 0 unspecified atom stereocenters. The molecule has 0 saturated heterocycles. The van der Waals surface area contributed by atoms with Crippen LogP contribution in [0.25, 0.3) is 0 Å². The zero-order chi connectivity index (χ0) is 10.6. The number of hydrogen-bond acceptors (Lipinski definition) is 3. The standard InChI is InChI=1S/C9H18N2O2S/c1-9-3-6-11(7-4-9)14(12,13)8-5-10-2/h3,10H,4-8H2,1-2H3. The fourth-order valence-electron chi connectivity index (χ4n) is 1.36. The zero-order valence-corrected chi connectivity index (χ0v) is 9.60. The van der Waals surface area contributed by atoms with Crippen molar-refractivity contribution in [3.8, 4) is 0 Å². The van der Waals surface area contributed by atoms with Gasteiger partial charge in [-0.05, 0) is 20.4 Å². The predicted octanol–water partition coefficient (Wildman–Crippen LogP) is 0.188. The lowest BCUT2D eigenvalue weighted by atomic mass is 10.1.